The number of hydrogen-bond donors (Lipinski definition) is 1. The van der Waals surface area contributed by atoms with E-state index in [4.69, 9.17) is 0 Å². The predicted octanol–water partition coefficient (Wildman–Crippen LogP) is 2.33. The van der Waals surface area contributed by atoms with Crippen LogP contribution < -0.4 is 9.62 Å². The van der Waals surface area contributed by atoms with Crippen LogP contribution in [0.5, 0.6) is 0 Å². The second-order valence-electron chi connectivity index (χ2n) is 4.57. The zero-order chi connectivity index (χ0) is 15.5. The van der Waals surface area contributed by atoms with E-state index in [0.717, 1.165) is 10.6 Å². The van der Waals surface area contributed by atoms with Gasteiger partial charge in [0, 0.05) is 12.7 Å². The summed E-state index contributed by atoms with van der Waals surface area (Å²) >= 11 is 0. The number of sulfonamides is 1. The molecule has 2 aromatic rings. The molecule has 0 saturated heterocycles. The van der Waals surface area contributed by atoms with E-state index in [1.165, 1.54) is 7.05 Å². The molecule has 0 spiro atoms. The molecule has 0 aromatic heterocycles. The van der Waals surface area contributed by atoms with Crippen LogP contribution in [-0.2, 0) is 10.0 Å². The van der Waals surface area contributed by atoms with Gasteiger partial charge in [0.2, 0.25) is 10.0 Å². The van der Waals surface area contributed by atoms with Crippen molar-refractivity contribution >= 4 is 27.3 Å². The first-order valence-corrected chi connectivity index (χ1v) is 8.14. The molecule has 0 atom stereocenters. The van der Waals surface area contributed by atoms with E-state index < -0.39 is 10.0 Å². The van der Waals surface area contributed by atoms with Gasteiger partial charge in [0.25, 0.3) is 5.91 Å². The number of nitrogens with one attached hydrogen (secondary N) is 1. The summed E-state index contributed by atoms with van der Waals surface area (Å²) in [5.74, 6) is -0.354. The largest absolute Gasteiger partial charge is 0.322 e. The van der Waals surface area contributed by atoms with Crippen molar-refractivity contribution in [3.05, 3.63) is 60.2 Å². The van der Waals surface area contributed by atoms with E-state index in [-0.39, 0.29) is 5.91 Å². The lowest BCUT2D eigenvalue weighted by molar-refractivity contribution is 0.102. The van der Waals surface area contributed by atoms with Crippen LogP contribution in [0.4, 0.5) is 11.4 Å². The average molecular weight is 304 g/mol. The highest BCUT2D eigenvalue weighted by molar-refractivity contribution is 7.92. The number of amides is 1. The molecule has 2 aromatic carbocycles. The minimum absolute atomic E-state index is 0.300. The molecular formula is C15H16N2O3S. The summed E-state index contributed by atoms with van der Waals surface area (Å²) in [7, 11) is -2.01. The number of para-hydroxylation sites is 2. The first-order chi connectivity index (χ1) is 9.89. The Hall–Kier alpha value is -2.34. The number of carbonyl (C=O) groups is 1. The van der Waals surface area contributed by atoms with Crippen molar-refractivity contribution in [2.24, 2.45) is 0 Å². The SMILES string of the molecule is CN(c1ccccc1C(=O)Nc1ccccc1)S(C)(=O)=O. The Morgan fingerprint density at radius 2 is 1.57 bits per heavy atom. The van der Waals surface area contributed by atoms with Crippen LogP contribution in [0, 0.1) is 0 Å². The topological polar surface area (TPSA) is 66.5 Å². The number of carbonyl (C=O) groups excluding carboxylic acids is 1. The first kappa shape index (κ1) is 15.1. The molecular weight excluding hydrogens is 288 g/mol. The van der Waals surface area contributed by atoms with Gasteiger partial charge in [-0.05, 0) is 24.3 Å². The van der Waals surface area contributed by atoms with Gasteiger partial charge in [-0.1, -0.05) is 30.3 Å². The zero-order valence-corrected chi connectivity index (χ0v) is 12.6. The van der Waals surface area contributed by atoms with Crippen LogP contribution >= 0.6 is 0 Å². The summed E-state index contributed by atoms with van der Waals surface area (Å²) in [6.07, 6.45) is 1.10. The zero-order valence-electron chi connectivity index (χ0n) is 11.8. The minimum atomic E-state index is -3.43. The molecule has 21 heavy (non-hydrogen) atoms. The number of benzene rings is 2. The normalized spacial score (nSPS) is 11.0. The van der Waals surface area contributed by atoms with E-state index >= 15 is 0 Å². The van der Waals surface area contributed by atoms with Crippen molar-refractivity contribution in [3.8, 4) is 0 Å². The second-order valence-corrected chi connectivity index (χ2v) is 6.58. The van der Waals surface area contributed by atoms with Gasteiger partial charge < -0.3 is 5.32 Å². The summed E-state index contributed by atoms with van der Waals surface area (Å²) in [5.41, 5.74) is 1.29. The van der Waals surface area contributed by atoms with Crippen molar-refractivity contribution < 1.29 is 13.2 Å². The van der Waals surface area contributed by atoms with Gasteiger partial charge in [-0.15, -0.1) is 0 Å². The maximum atomic E-state index is 12.3. The van der Waals surface area contributed by atoms with E-state index in [2.05, 4.69) is 5.32 Å². The quantitative estimate of drug-likeness (QED) is 0.942. The second kappa shape index (κ2) is 5.97. The highest BCUT2D eigenvalue weighted by Crippen LogP contribution is 2.22. The van der Waals surface area contributed by atoms with E-state index in [9.17, 15) is 13.2 Å². The fraction of sp³-hybridized carbons (Fsp3) is 0.133. The van der Waals surface area contributed by atoms with Crippen LogP contribution in [0.1, 0.15) is 10.4 Å². The molecule has 0 aliphatic heterocycles. The van der Waals surface area contributed by atoms with Crippen LogP contribution in [0.15, 0.2) is 54.6 Å². The van der Waals surface area contributed by atoms with Gasteiger partial charge in [-0.3, -0.25) is 9.10 Å². The molecule has 1 N–H and O–H groups in total. The van der Waals surface area contributed by atoms with Crippen LogP contribution in [0.3, 0.4) is 0 Å². The molecule has 0 saturated carbocycles. The Balaban J connectivity index is 2.34. The van der Waals surface area contributed by atoms with Crippen molar-refractivity contribution in [2.75, 3.05) is 22.9 Å². The lowest BCUT2D eigenvalue weighted by Gasteiger charge is -2.19. The molecule has 1 amide bonds. The van der Waals surface area contributed by atoms with Gasteiger partial charge in [0.05, 0.1) is 17.5 Å². The third kappa shape index (κ3) is 3.61. The number of hydrogen-bond acceptors (Lipinski definition) is 3. The van der Waals surface area contributed by atoms with E-state index in [0.29, 0.717) is 16.9 Å². The molecule has 6 heteroatoms. The molecule has 0 aliphatic rings. The molecule has 0 bridgehead atoms. The standard InChI is InChI=1S/C15H16N2O3S/c1-17(21(2,19)20)14-11-7-6-10-13(14)15(18)16-12-8-4-3-5-9-12/h3-11H,1-2H3,(H,16,18). The average Bonchev–Trinajstić information content (AvgIpc) is 2.46. The summed E-state index contributed by atoms with van der Waals surface area (Å²) in [6.45, 7) is 0. The molecule has 0 unspecified atom stereocenters. The number of rotatable bonds is 4. The Labute approximate surface area is 124 Å². The Bertz CT molecular complexity index is 743. The van der Waals surface area contributed by atoms with Gasteiger partial charge in [0.1, 0.15) is 0 Å². The lowest BCUT2D eigenvalue weighted by Crippen LogP contribution is -2.27. The minimum Gasteiger partial charge on any atom is -0.322 e. The van der Waals surface area contributed by atoms with Crippen molar-refractivity contribution in [3.63, 3.8) is 0 Å². The predicted molar refractivity (Wildman–Crippen MR) is 84.1 cm³/mol. The Kier molecular flexibility index (Phi) is 4.28. The van der Waals surface area contributed by atoms with Gasteiger partial charge in [-0.2, -0.15) is 0 Å². The number of anilines is 2. The van der Waals surface area contributed by atoms with Crippen LogP contribution in [-0.4, -0.2) is 27.6 Å². The Morgan fingerprint density at radius 3 is 2.19 bits per heavy atom. The highest BCUT2D eigenvalue weighted by Gasteiger charge is 2.19. The van der Waals surface area contributed by atoms with Crippen LogP contribution in [0.2, 0.25) is 0 Å². The maximum absolute atomic E-state index is 12.3. The molecule has 5 nitrogen and oxygen atoms in total. The fourth-order valence-electron chi connectivity index (χ4n) is 1.84. The molecule has 0 aliphatic carbocycles. The molecule has 0 heterocycles. The van der Waals surface area contributed by atoms with Gasteiger partial charge in [-0.25, -0.2) is 8.42 Å². The summed E-state index contributed by atoms with van der Waals surface area (Å²) in [4.78, 5) is 12.3. The van der Waals surface area contributed by atoms with Crippen molar-refractivity contribution in [1.29, 1.82) is 0 Å². The third-order valence-corrected chi connectivity index (χ3v) is 4.21. The van der Waals surface area contributed by atoms with E-state index in [1.54, 1.807) is 36.4 Å². The Morgan fingerprint density at radius 1 is 1.00 bits per heavy atom. The molecule has 0 radical (unpaired) electrons. The van der Waals surface area contributed by atoms with Crippen molar-refractivity contribution in [1.82, 2.24) is 0 Å². The molecule has 110 valence electrons. The maximum Gasteiger partial charge on any atom is 0.257 e. The lowest BCUT2D eigenvalue weighted by atomic mass is 10.1. The highest BCUT2D eigenvalue weighted by atomic mass is 32.2. The summed E-state index contributed by atoms with van der Waals surface area (Å²) in [6, 6.07) is 15.6. The molecule has 2 rings (SSSR count). The third-order valence-electron chi connectivity index (χ3n) is 3.02. The fourth-order valence-corrected chi connectivity index (χ4v) is 2.36. The van der Waals surface area contributed by atoms with Gasteiger partial charge >= 0.3 is 0 Å². The summed E-state index contributed by atoms with van der Waals surface area (Å²) in [5, 5.41) is 2.74. The monoisotopic (exact) mass is 304 g/mol. The van der Waals surface area contributed by atoms with Gasteiger partial charge in [0.15, 0.2) is 0 Å². The first-order valence-electron chi connectivity index (χ1n) is 6.29. The van der Waals surface area contributed by atoms with Crippen molar-refractivity contribution in [2.45, 2.75) is 0 Å². The van der Waals surface area contributed by atoms with E-state index in [1.807, 2.05) is 18.2 Å². The smallest absolute Gasteiger partial charge is 0.257 e. The van der Waals surface area contributed by atoms with Crippen LogP contribution in [0.25, 0.3) is 0 Å². The summed E-state index contributed by atoms with van der Waals surface area (Å²) < 4.78 is 24.4. The molecule has 0 fully saturated rings. The number of nitrogens with zero attached hydrogens (tertiary/aromatic N) is 1.